The van der Waals surface area contributed by atoms with E-state index in [9.17, 15) is 29.4 Å². The number of benzene rings is 1. The van der Waals surface area contributed by atoms with Crippen molar-refractivity contribution in [2.24, 2.45) is 5.92 Å². The monoisotopic (exact) mass is 707 g/mol. The van der Waals surface area contributed by atoms with Gasteiger partial charge in [-0.15, -0.1) is 11.8 Å². The molecule has 3 aliphatic rings. The van der Waals surface area contributed by atoms with Crippen LogP contribution in [-0.2, 0) is 35.1 Å². The molecule has 270 valence electrons. The minimum absolute atomic E-state index is 0.00657. The first-order valence-electron chi connectivity index (χ1n) is 17.2. The molecule has 2 aliphatic heterocycles. The Labute approximate surface area is 298 Å². The summed E-state index contributed by atoms with van der Waals surface area (Å²) in [4.78, 5) is 51.8. The van der Waals surface area contributed by atoms with Gasteiger partial charge in [-0.1, -0.05) is 55.5 Å². The Morgan fingerprint density at radius 3 is 2.56 bits per heavy atom. The standard InChI is InChI=1S/C38H49N3O8S/c1-23-14-13-17-27-20-29-36(50-22-32(43)40-29)33(35(27)45)41-31(42)21-28(48-4)18-11-6-5-7-12-19-30(24(2)34(23)44)49-38(47)25(3)39-37(46)26-15-9-8-10-16-26/h5-7,11-12,14-15,18,20,24-25,28,30,34,44-45H,8-10,13,16-17,19,21-22H2,1-4H3,(H,39,46)(H,40,43)(H,41,42). The number of anilines is 2. The van der Waals surface area contributed by atoms with Crippen LogP contribution in [0.15, 0.2) is 70.7 Å². The average Bonchev–Trinajstić information content (AvgIpc) is 3.10. The number of aryl methyl sites for hydroxylation is 1. The molecular formula is C38H49N3O8S. The second kappa shape index (κ2) is 18.7. The zero-order valence-electron chi connectivity index (χ0n) is 29.2. The number of ether oxygens (including phenoxy) is 2. The zero-order valence-corrected chi connectivity index (χ0v) is 30.0. The lowest BCUT2D eigenvalue weighted by molar-refractivity contribution is -0.156. The first-order chi connectivity index (χ1) is 24.0. The number of carbonyl (C=O) groups is 4. The fourth-order valence-electron chi connectivity index (χ4n) is 6.00. The normalized spacial score (nSPS) is 24.3. The van der Waals surface area contributed by atoms with Gasteiger partial charge in [-0.25, -0.2) is 4.79 Å². The molecule has 0 saturated carbocycles. The van der Waals surface area contributed by atoms with Crippen molar-refractivity contribution < 1.29 is 38.9 Å². The van der Waals surface area contributed by atoms with E-state index >= 15 is 0 Å². The van der Waals surface area contributed by atoms with E-state index in [4.69, 9.17) is 9.47 Å². The number of allylic oxidation sites excluding steroid dienone is 6. The summed E-state index contributed by atoms with van der Waals surface area (Å²) in [5.41, 5.74) is 2.61. The van der Waals surface area contributed by atoms with E-state index in [0.717, 1.165) is 19.3 Å². The molecular weight excluding hydrogens is 658 g/mol. The van der Waals surface area contributed by atoms with E-state index in [1.807, 2.05) is 25.2 Å². The number of rotatable bonds is 5. The van der Waals surface area contributed by atoms with Gasteiger partial charge in [-0.05, 0) is 69.6 Å². The number of aliphatic hydroxyl groups is 1. The molecule has 0 radical (unpaired) electrons. The number of thioether (sulfide) groups is 1. The number of hydrogen-bond acceptors (Lipinski definition) is 9. The molecule has 4 rings (SSSR count). The lowest BCUT2D eigenvalue weighted by atomic mass is 9.90. The van der Waals surface area contributed by atoms with Crippen molar-refractivity contribution in [3.05, 3.63) is 71.4 Å². The van der Waals surface area contributed by atoms with Crippen LogP contribution in [0.25, 0.3) is 0 Å². The highest BCUT2D eigenvalue weighted by atomic mass is 32.2. The molecule has 5 unspecified atom stereocenters. The third kappa shape index (κ3) is 10.7. The van der Waals surface area contributed by atoms with Crippen LogP contribution in [0.4, 0.5) is 11.4 Å². The number of fused-ring (bicyclic) bond motifs is 4. The van der Waals surface area contributed by atoms with Crippen LogP contribution in [0.3, 0.4) is 0 Å². The van der Waals surface area contributed by atoms with Gasteiger partial charge >= 0.3 is 5.97 Å². The minimum Gasteiger partial charge on any atom is -0.505 e. The summed E-state index contributed by atoms with van der Waals surface area (Å²) < 4.78 is 11.4. The van der Waals surface area contributed by atoms with Gasteiger partial charge < -0.3 is 35.6 Å². The van der Waals surface area contributed by atoms with Gasteiger partial charge in [0.1, 0.15) is 17.9 Å². The molecule has 3 amide bonds. The topological polar surface area (TPSA) is 163 Å². The van der Waals surface area contributed by atoms with Crippen molar-refractivity contribution >= 4 is 46.8 Å². The molecule has 50 heavy (non-hydrogen) atoms. The number of methoxy groups -OCH3 is 1. The molecule has 1 aromatic rings. The molecule has 1 aliphatic carbocycles. The van der Waals surface area contributed by atoms with E-state index in [0.29, 0.717) is 53.0 Å². The largest absolute Gasteiger partial charge is 0.505 e. The van der Waals surface area contributed by atoms with E-state index in [1.54, 1.807) is 50.3 Å². The summed E-state index contributed by atoms with van der Waals surface area (Å²) in [6.07, 6.45) is 16.9. The third-order valence-corrected chi connectivity index (χ3v) is 10.2. The lowest BCUT2D eigenvalue weighted by Crippen LogP contribution is -2.43. The van der Waals surface area contributed by atoms with E-state index in [2.05, 4.69) is 16.0 Å². The summed E-state index contributed by atoms with van der Waals surface area (Å²) in [5.74, 6) is -1.83. The van der Waals surface area contributed by atoms with Crippen molar-refractivity contribution in [3.8, 4) is 5.75 Å². The fraction of sp³-hybridized carbons (Fsp3) is 0.474. The van der Waals surface area contributed by atoms with Crippen LogP contribution in [-0.4, -0.2) is 71.1 Å². The van der Waals surface area contributed by atoms with Crippen molar-refractivity contribution in [1.29, 1.82) is 0 Å². The molecule has 11 nitrogen and oxygen atoms in total. The smallest absolute Gasteiger partial charge is 0.328 e. The van der Waals surface area contributed by atoms with E-state index in [1.165, 1.54) is 18.9 Å². The Bertz CT molecular complexity index is 1580. The summed E-state index contributed by atoms with van der Waals surface area (Å²) in [7, 11) is 1.50. The van der Waals surface area contributed by atoms with Crippen LogP contribution < -0.4 is 16.0 Å². The number of hydrogen-bond donors (Lipinski definition) is 5. The summed E-state index contributed by atoms with van der Waals surface area (Å²) >= 11 is 1.24. The zero-order chi connectivity index (χ0) is 36.2. The maximum absolute atomic E-state index is 13.2. The van der Waals surface area contributed by atoms with Gasteiger partial charge in [0.15, 0.2) is 0 Å². The third-order valence-electron chi connectivity index (χ3n) is 9.05. The number of carbonyl (C=O) groups excluding carboxylic acids is 4. The van der Waals surface area contributed by atoms with Gasteiger partial charge in [0.25, 0.3) is 0 Å². The number of esters is 1. The number of phenolic OH excluding ortho intramolecular Hbond substituents is 1. The lowest BCUT2D eigenvalue weighted by Gasteiger charge is -2.29. The highest BCUT2D eigenvalue weighted by Gasteiger charge is 2.31. The molecule has 0 aromatic heterocycles. The summed E-state index contributed by atoms with van der Waals surface area (Å²) in [6.45, 7) is 5.20. The van der Waals surface area contributed by atoms with Gasteiger partial charge in [0.05, 0.1) is 40.7 Å². The fourth-order valence-corrected chi connectivity index (χ4v) is 6.91. The number of amides is 3. The predicted octanol–water partition coefficient (Wildman–Crippen LogP) is 5.65. The first kappa shape index (κ1) is 38.7. The second-order valence-electron chi connectivity index (χ2n) is 12.9. The van der Waals surface area contributed by atoms with Gasteiger partial charge in [0, 0.05) is 25.0 Å². The molecule has 5 atom stereocenters. The van der Waals surface area contributed by atoms with Crippen molar-refractivity contribution in [1.82, 2.24) is 5.32 Å². The van der Waals surface area contributed by atoms with Crippen LogP contribution >= 0.6 is 11.8 Å². The summed E-state index contributed by atoms with van der Waals surface area (Å²) in [5, 5.41) is 31.1. The molecule has 0 fully saturated rings. The quantitative estimate of drug-likeness (QED) is 0.113. The van der Waals surface area contributed by atoms with Gasteiger partial charge in [-0.2, -0.15) is 0 Å². The predicted molar refractivity (Wildman–Crippen MR) is 195 cm³/mol. The highest BCUT2D eigenvalue weighted by Crippen LogP contribution is 2.45. The summed E-state index contributed by atoms with van der Waals surface area (Å²) in [6, 6.07) is 0.833. The highest BCUT2D eigenvalue weighted by molar-refractivity contribution is 8.00. The molecule has 1 aromatic carbocycles. The maximum atomic E-state index is 13.2. The number of aromatic hydroxyl groups is 1. The Kier molecular flexibility index (Phi) is 14.5. The maximum Gasteiger partial charge on any atom is 0.328 e. The van der Waals surface area contributed by atoms with Crippen LogP contribution in [0.1, 0.15) is 71.3 Å². The molecule has 0 spiro atoms. The van der Waals surface area contributed by atoms with Crippen LogP contribution in [0, 0.1) is 5.92 Å². The number of aliphatic hydroxyl groups excluding tert-OH is 1. The molecule has 5 N–H and O–H groups in total. The Hall–Kier alpha value is -4.13. The Morgan fingerprint density at radius 1 is 1.04 bits per heavy atom. The SMILES string of the molecule is COC1C=CC=CC=CCC(OC(=O)C(C)NC(=O)C2=CCCCC2)C(C)C(O)C(C)=CCCc2cc3c(c(c2O)NC(=O)C1)SCC(=O)N3. The molecule has 2 bridgehead atoms. The first-order valence-corrected chi connectivity index (χ1v) is 18.2. The van der Waals surface area contributed by atoms with Gasteiger partial charge in [0.2, 0.25) is 17.7 Å². The Balaban J connectivity index is 1.58. The minimum atomic E-state index is -0.959. The van der Waals surface area contributed by atoms with Crippen molar-refractivity contribution in [2.45, 2.75) is 101 Å². The van der Waals surface area contributed by atoms with Crippen molar-refractivity contribution in [2.75, 3.05) is 23.5 Å². The number of nitrogens with one attached hydrogen (secondary N) is 3. The van der Waals surface area contributed by atoms with Crippen molar-refractivity contribution in [3.63, 3.8) is 0 Å². The van der Waals surface area contributed by atoms with E-state index < -0.39 is 36.2 Å². The van der Waals surface area contributed by atoms with Crippen LogP contribution in [0.2, 0.25) is 0 Å². The average molecular weight is 708 g/mol. The molecule has 12 heteroatoms. The van der Waals surface area contributed by atoms with Crippen LogP contribution in [0.5, 0.6) is 5.75 Å². The Morgan fingerprint density at radius 2 is 1.82 bits per heavy atom. The molecule has 2 heterocycles. The number of phenols is 1. The van der Waals surface area contributed by atoms with Gasteiger partial charge in [-0.3, -0.25) is 14.4 Å². The second-order valence-corrected chi connectivity index (χ2v) is 13.9. The van der Waals surface area contributed by atoms with E-state index in [-0.39, 0.29) is 41.3 Å². The molecule has 0 saturated heterocycles.